The zero-order valence-electron chi connectivity index (χ0n) is 8.95. The molecule has 0 atom stereocenters. The third kappa shape index (κ3) is 1.68. The summed E-state index contributed by atoms with van der Waals surface area (Å²) in [5, 5.41) is 5.35. The van der Waals surface area contributed by atoms with Crippen molar-refractivity contribution in [2.45, 2.75) is 18.8 Å². The minimum Gasteiger partial charge on any atom is -0.321 e. The number of thiophene rings is 1. The number of fused-ring (bicyclic) bond motifs is 1. The second kappa shape index (κ2) is 4.03. The Morgan fingerprint density at radius 2 is 2.12 bits per heavy atom. The Labute approximate surface area is 97.5 Å². The SMILES string of the molecule is O=c1[nH]c2ccsc2cc1C1CCNCC1. The molecule has 2 aromatic rings. The second-order valence-electron chi connectivity index (χ2n) is 4.28. The van der Waals surface area contributed by atoms with Crippen molar-refractivity contribution in [3.05, 3.63) is 33.4 Å². The molecule has 0 unspecified atom stereocenters. The zero-order chi connectivity index (χ0) is 11.0. The number of nitrogens with one attached hydrogen (secondary N) is 2. The molecule has 0 aliphatic carbocycles. The summed E-state index contributed by atoms with van der Waals surface area (Å²) in [7, 11) is 0. The Hall–Kier alpha value is -1.13. The lowest BCUT2D eigenvalue weighted by Gasteiger charge is -2.22. The number of hydrogen-bond donors (Lipinski definition) is 2. The molecule has 16 heavy (non-hydrogen) atoms. The molecule has 4 heteroatoms. The quantitative estimate of drug-likeness (QED) is 0.793. The van der Waals surface area contributed by atoms with Gasteiger partial charge in [-0.2, -0.15) is 0 Å². The number of aromatic amines is 1. The molecule has 2 N–H and O–H groups in total. The Balaban J connectivity index is 2.07. The Kier molecular flexibility index (Phi) is 2.53. The first-order chi connectivity index (χ1) is 7.84. The largest absolute Gasteiger partial charge is 0.321 e. The summed E-state index contributed by atoms with van der Waals surface area (Å²) in [5.74, 6) is 0.427. The summed E-state index contributed by atoms with van der Waals surface area (Å²) < 4.78 is 1.19. The first-order valence-corrected chi connectivity index (χ1v) is 6.54. The maximum absolute atomic E-state index is 12.0. The highest BCUT2D eigenvalue weighted by Crippen LogP contribution is 2.26. The topological polar surface area (TPSA) is 44.9 Å². The van der Waals surface area contributed by atoms with Gasteiger partial charge in [-0.15, -0.1) is 11.3 Å². The average Bonchev–Trinajstić information content (AvgIpc) is 2.76. The third-order valence-electron chi connectivity index (χ3n) is 3.27. The minimum absolute atomic E-state index is 0.0952. The molecule has 0 spiro atoms. The fraction of sp³-hybridized carbons (Fsp3) is 0.417. The van der Waals surface area contributed by atoms with Gasteiger partial charge in [-0.1, -0.05) is 0 Å². The van der Waals surface area contributed by atoms with Crippen LogP contribution >= 0.6 is 11.3 Å². The molecule has 1 aliphatic rings. The van der Waals surface area contributed by atoms with Crippen LogP contribution in [-0.4, -0.2) is 18.1 Å². The molecule has 1 aliphatic heterocycles. The lowest BCUT2D eigenvalue weighted by molar-refractivity contribution is 0.458. The van der Waals surface area contributed by atoms with E-state index in [4.69, 9.17) is 0 Å². The molecule has 0 aromatic carbocycles. The summed E-state index contributed by atoms with van der Waals surface area (Å²) >= 11 is 1.69. The smallest absolute Gasteiger partial charge is 0.251 e. The Bertz CT molecular complexity index is 551. The summed E-state index contributed by atoms with van der Waals surface area (Å²) in [5.41, 5.74) is 2.03. The van der Waals surface area contributed by atoms with Gasteiger partial charge in [0.2, 0.25) is 0 Å². The predicted octanol–water partition coefficient (Wildman–Crippen LogP) is 2.06. The molecule has 3 rings (SSSR count). The van der Waals surface area contributed by atoms with E-state index < -0.39 is 0 Å². The monoisotopic (exact) mass is 234 g/mol. The van der Waals surface area contributed by atoms with Crippen LogP contribution in [-0.2, 0) is 0 Å². The van der Waals surface area contributed by atoms with Crippen molar-refractivity contribution in [2.75, 3.05) is 13.1 Å². The fourth-order valence-electron chi connectivity index (χ4n) is 2.37. The van der Waals surface area contributed by atoms with E-state index in [0.717, 1.165) is 37.0 Å². The minimum atomic E-state index is 0.0952. The van der Waals surface area contributed by atoms with E-state index in [1.165, 1.54) is 4.70 Å². The van der Waals surface area contributed by atoms with Crippen molar-refractivity contribution in [3.8, 4) is 0 Å². The third-order valence-corrected chi connectivity index (χ3v) is 4.14. The van der Waals surface area contributed by atoms with Gasteiger partial charge in [0.15, 0.2) is 0 Å². The van der Waals surface area contributed by atoms with Crippen LogP contribution < -0.4 is 10.9 Å². The van der Waals surface area contributed by atoms with E-state index in [-0.39, 0.29) is 5.56 Å². The van der Waals surface area contributed by atoms with Gasteiger partial charge >= 0.3 is 0 Å². The molecule has 1 saturated heterocycles. The number of rotatable bonds is 1. The molecular weight excluding hydrogens is 220 g/mol. The van der Waals surface area contributed by atoms with Crippen molar-refractivity contribution in [3.63, 3.8) is 0 Å². The normalized spacial score (nSPS) is 18.0. The maximum Gasteiger partial charge on any atom is 0.251 e. The van der Waals surface area contributed by atoms with Gasteiger partial charge in [0.1, 0.15) is 0 Å². The van der Waals surface area contributed by atoms with E-state index in [1.807, 2.05) is 11.4 Å². The second-order valence-corrected chi connectivity index (χ2v) is 5.22. The van der Waals surface area contributed by atoms with Crippen LogP contribution in [0.3, 0.4) is 0 Å². The summed E-state index contributed by atoms with van der Waals surface area (Å²) in [4.78, 5) is 14.9. The molecular formula is C12H14N2OS. The first-order valence-electron chi connectivity index (χ1n) is 5.66. The molecule has 1 fully saturated rings. The van der Waals surface area contributed by atoms with Crippen molar-refractivity contribution >= 4 is 21.6 Å². The molecule has 3 nitrogen and oxygen atoms in total. The molecule has 3 heterocycles. The van der Waals surface area contributed by atoms with Gasteiger partial charge < -0.3 is 10.3 Å². The molecule has 0 saturated carbocycles. The fourth-order valence-corrected chi connectivity index (χ4v) is 3.17. The lowest BCUT2D eigenvalue weighted by Crippen LogP contribution is -2.29. The molecule has 2 aromatic heterocycles. The van der Waals surface area contributed by atoms with Gasteiger partial charge in [-0.05, 0) is 49.4 Å². The van der Waals surface area contributed by atoms with Gasteiger partial charge in [-0.3, -0.25) is 4.79 Å². The number of hydrogen-bond acceptors (Lipinski definition) is 3. The summed E-state index contributed by atoms with van der Waals surface area (Å²) in [6.45, 7) is 2.04. The van der Waals surface area contributed by atoms with Crippen LogP contribution in [0.1, 0.15) is 24.3 Å². The van der Waals surface area contributed by atoms with Crippen LogP contribution in [0.15, 0.2) is 22.3 Å². The average molecular weight is 234 g/mol. The van der Waals surface area contributed by atoms with Crippen molar-refractivity contribution in [1.29, 1.82) is 0 Å². The highest BCUT2D eigenvalue weighted by atomic mass is 32.1. The zero-order valence-corrected chi connectivity index (χ0v) is 9.77. The number of pyridine rings is 1. The molecule has 0 bridgehead atoms. The highest BCUT2D eigenvalue weighted by molar-refractivity contribution is 7.17. The summed E-state index contributed by atoms with van der Waals surface area (Å²) in [6, 6.07) is 4.04. The van der Waals surface area contributed by atoms with Crippen LogP contribution in [0.25, 0.3) is 10.2 Å². The maximum atomic E-state index is 12.0. The van der Waals surface area contributed by atoms with Crippen molar-refractivity contribution < 1.29 is 0 Å². The van der Waals surface area contributed by atoms with Crippen molar-refractivity contribution in [1.82, 2.24) is 10.3 Å². The van der Waals surface area contributed by atoms with E-state index in [0.29, 0.717) is 5.92 Å². The number of H-pyrrole nitrogens is 1. The van der Waals surface area contributed by atoms with Crippen molar-refractivity contribution in [2.24, 2.45) is 0 Å². The molecule has 84 valence electrons. The van der Waals surface area contributed by atoms with E-state index >= 15 is 0 Å². The van der Waals surface area contributed by atoms with Gasteiger partial charge in [0.25, 0.3) is 5.56 Å². The standard InChI is InChI=1S/C12H14N2OS/c15-12-9(8-1-4-13-5-2-8)7-11-10(14-12)3-6-16-11/h3,6-8,13H,1-2,4-5H2,(H,14,15). The van der Waals surface area contributed by atoms with Gasteiger partial charge in [-0.25, -0.2) is 0 Å². The van der Waals surface area contributed by atoms with E-state index in [2.05, 4.69) is 16.4 Å². The number of piperidine rings is 1. The van der Waals surface area contributed by atoms with E-state index in [1.54, 1.807) is 11.3 Å². The van der Waals surface area contributed by atoms with Crippen LogP contribution in [0, 0.1) is 0 Å². The number of aromatic nitrogens is 1. The summed E-state index contributed by atoms with van der Waals surface area (Å²) in [6.07, 6.45) is 2.14. The molecule has 0 radical (unpaired) electrons. The van der Waals surface area contributed by atoms with Crippen LogP contribution in [0.2, 0.25) is 0 Å². The highest BCUT2D eigenvalue weighted by Gasteiger charge is 2.18. The van der Waals surface area contributed by atoms with Gasteiger partial charge in [0, 0.05) is 5.56 Å². The van der Waals surface area contributed by atoms with Gasteiger partial charge in [0.05, 0.1) is 10.2 Å². The Morgan fingerprint density at radius 3 is 2.94 bits per heavy atom. The lowest BCUT2D eigenvalue weighted by atomic mass is 9.91. The predicted molar refractivity (Wildman–Crippen MR) is 67.3 cm³/mol. The first kappa shape index (κ1) is 10.1. The van der Waals surface area contributed by atoms with Crippen LogP contribution in [0.4, 0.5) is 0 Å². The molecule has 0 amide bonds. The Morgan fingerprint density at radius 1 is 1.31 bits per heavy atom. The van der Waals surface area contributed by atoms with Crippen LogP contribution in [0.5, 0.6) is 0 Å². The van der Waals surface area contributed by atoms with E-state index in [9.17, 15) is 4.79 Å².